The second kappa shape index (κ2) is 11.9. The molecule has 2 atom stereocenters. The average Bonchev–Trinajstić information content (AvgIpc) is 2.99. The van der Waals surface area contributed by atoms with Gasteiger partial charge in [-0.2, -0.15) is 5.01 Å². The molecule has 0 radical (unpaired) electrons. The standard InChI is InChI=1S/C30H31N3O6/c1-37-26-15-12-22(13-16-26)18-28(34)31-19-25-14-17-27(31)33(30(36)39-21-24-10-6-3-7-11-24)32(25)29(35)38-20-23-8-4-2-5-9-23/h2-13,15-16,25,27H,14,17-21H2,1H3. The summed E-state index contributed by atoms with van der Waals surface area (Å²) in [6.45, 7) is 0.420. The van der Waals surface area contributed by atoms with Gasteiger partial charge >= 0.3 is 12.2 Å². The van der Waals surface area contributed by atoms with E-state index < -0.39 is 24.4 Å². The third-order valence-electron chi connectivity index (χ3n) is 7.00. The molecular formula is C30H31N3O6. The van der Waals surface area contributed by atoms with Crippen molar-refractivity contribution in [2.75, 3.05) is 13.7 Å². The van der Waals surface area contributed by atoms with Crippen molar-refractivity contribution < 1.29 is 28.6 Å². The highest BCUT2D eigenvalue weighted by Crippen LogP contribution is 2.34. The first-order valence-corrected chi connectivity index (χ1v) is 13.0. The molecule has 3 aromatic rings. The molecule has 6 rings (SSSR count). The van der Waals surface area contributed by atoms with Gasteiger partial charge in [0, 0.05) is 6.54 Å². The quantitative estimate of drug-likeness (QED) is 0.439. The van der Waals surface area contributed by atoms with Gasteiger partial charge in [-0.1, -0.05) is 72.8 Å². The van der Waals surface area contributed by atoms with Gasteiger partial charge in [0.15, 0.2) is 0 Å². The molecular weight excluding hydrogens is 498 g/mol. The Morgan fingerprint density at radius 3 is 1.85 bits per heavy atom. The van der Waals surface area contributed by atoms with Gasteiger partial charge in [-0.05, 0) is 41.7 Å². The molecule has 9 heteroatoms. The van der Waals surface area contributed by atoms with Crippen molar-refractivity contribution in [3.05, 3.63) is 102 Å². The number of rotatable bonds is 7. The molecule has 0 aromatic heterocycles. The summed E-state index contributed by atoms with van der Waals surface area (Å²) in [6.07, 6.45) is -0.673. The number of amides is 3. The monoisotopic (exact) mass is 529 g/mol. The van der Waals surface area contributed by atoms with E-state index >= 15 is 0 Å². The average molecular weight is 530 g/mol. The third kappa shape index (κ3) is 5.98. The van der Waals surface area contributed by atoms with Crippen molar-refractivity contribution in [3.8, 4) is 5.75 Å². The highest BCUT2D eigenvalue weighted by molar-refractivity contribution is 5.81. The Morgan fingerprint density at radius 1 is 0.718 bits per heavy atom. The number of methoxy groups -OCH3 is 1. The van der Waals surface area contributed by atoms with E-state index in [9.17, 15) is 14.4 Å². The predicted molar refractivity (Wildman–Crippen MR) is 142 cm³/mol. The minimum Gasteiger partial charge on any atom is -0.497 e. The van der Waals surface area contributed by atoms with Crippen LogP contribution in [0, 0.1) is 0 Å². The maximum Gasteiger partial charge on any atom is 0.431 e. The van der Waals surface area contributed by atoms with Crippen molar-refractivity contribution in [2.45, 2.75) is 44.7 Å². The first-order valence-electron chi connectivity index (χ1n) is 13.0. The first-order chi connectivity index (χ1) is 19.0. The fourth-order valence-corrected chi connectivity index (χ4v) is 5.02. The van der Waals surface area contributed by atoms with Crippen molar-refractivity contribution in [2.24, 2.45) is 0 Å². The molecule has 3 saturated heterocycles. The van der Waals surface area contributed by atoms with Gasteiger partial charge in [0.05, 0.1) is 19.6 Å². The van der Waals surface area contributed by atoms with E-state index in [-0.39, 0.29) is 25.5 Å². The van der Waals surface area contributed by atoms with Gasteiger partial charge in [-0.15, -0.1) is 0 Å². The van der Waals surface area contributed by atoms with Crippen LogP contribution in [0.5, 0.6) is 5.75 Å². The number of hydrogen-bond donors (Lipinski definition) is 0. The molecule has 2 unspecified atom stereocenters. The van der Waals surface area contributed by atoms with E-state index in [2.05, 4.69) is 0 Å². The molecule has 0 aliphatic carbocycles. The number of hydrogen-bond acceptors (Lipinski definition) is 6. The molecule has 0 saturated carbocycles. The lowest BCUT2D eigenvalue weighted by molar-refractivity contribution is -0.188. The number of carbonyl (C=O) groups excluding carboxylic acids is 3. The lowest BCUT2D eigenvalue weighted by Gasteiger charge is -2.55. The predicted octanol–water partition coefficient (Wildman–Crippen LogP) is 4.76. The minimum absolute atomic E-state index is 0.0419. The number of fused-ring (bicyclic) bond motifs is 3. The number of benzene rings is 3. The molecule has 3 amide bonds. The summed E-state index contributed by atoms with van der Waals surface area (Å²) in [5.41, 5.74) is 2.49. The number of carbonyl (C=O) groups is 3. The number of hydrazine groups is 1. The van der Waals surface area contributed by atoms with E-state index in [0.29, 0.717) is 25.1 Å². The Morgan fingerprint density at radius 2 is 1.28 bits per heavy atom. The van der Waals surface area contributed by atoms with Gasteiger partial charge in [0.25, 0.3) is 0 Å². The molecule has 3 heterocycles. The van der Waals surface area contributed by atoms with Gasteiger partial charge < -0.3 is 19.1 Å². The zero-order valence-electron chi connectivity index (χ0n) is 21.8. The molecule has 2 bridgehead atoms. The molecule has 0 spiro atoms. The summed E-state index contributed by atoms with van der Waals surface area (Å²) in [5, 5.41) is 2.60. The molecule has 3 fully saturated rings. The lowest BCUT2D eigenvalue weighted by Crippen LogP contribution is -2.74. The Hall–Kier alpha value is -4.53. The van der Waals surface area contributed by atoms with Crippen LogP contribution in [0.25, 0.3) is 0 Å². The molecule has 3 aliphatic rings. The zero-order chi connectivity index (χ0) is 27.2. The van der Waals surface area contributed by atoms with Gasteiger partial charge in [0.1, 0.15) is 25.1 Å². The number of ether oxygens (including phenoxy) is 3. The summed E-state index contributed by atoms with van der Waals surface area (Å²) < 4.78 is 16.4. The van der Waals surface area contributed by atoms with Crippen molar-refractivity contribution >= 4 is 18.1 Å². The van der Waals surface area contributed by atoms with Gasteiger partial charge in [0.2, 0.25) is 5.91 Å². The van der Waals surface area contributed by atoms with Crippen molar-refractivity contribution in [1.82, 2.24) is 14.9 Å². The fourth-order valence-electron chi connectivity index (χ4n) is 5.02. The molecule has 3 aliphatic heterocycles. The van der Waals surface area contributed by atoms with Crippen molar-refractivity contribution in [3.63, 3.8) is 0 Å². The smallest absolute Gasteiger partial charge is 0.431 e. The Kier molecular flexibility index (Phi) is 7.96. The number of nitrogens with zero attached hydrogens (tertiary/aromatic N) is 3. The van der Waals surface area contributed by atoms with Crippen LogP contribution in [-0.2, 0) is 33.9 Å². The topological polar surface area (TPSA) is 88.6 Å². The Balaban J connectivity index is 1.34. The largest absolute Gasteiger partial charge is 0.497 e. The van der Waals surface area contributed by atoms with Crippen LogP contribution in [0.3, 0.4) is 0 Å². The Bertz CT molecular complexity index is 1290. The normalized spacial score (nSPS) is 18.0. The summed E-state index contributed by atoms with van der Waals surface area (Å²) in [6, 6.07) is 25.5. The van der Waals surface area contributed by atoms with Crippen LogP contribution in [0.2, 0.25) is 0 Å². The fraction of sp³-hybridized carbons (Fsp3) is 0.300. The van der Waals surface area contributed by atoms with E-state index in [1.165, 1.54) is 10.0 Å². The Labute approximate surface area is 227 Å². The van der Waals surface area contributed by atoms with Crippen LogP contribution in [0.1, 0.15) is 29.5 Å². The van der Waals surface area contributed by atoms with Crippen LogP contribution < -0.4 is 4.74 Å². The molecule has 0 N–H and O–H groups in total. The van der Waals surface area contributed by atoms with Crippen molar-refractivity contribution in [1.29, 1.82) is 0 Å². The van der Waals surface area contributed by atoms with Crippen LogP contribution >= 0.6 is 0 Å². The second-order valence-electron chi connectivity index (χ2n) is 9.55. The van der Waals surface area contributed by atoms with E-state index in [1.807, 2.05) is 84.9 Å². The highest BCUT2D eigenvalue weighted by Gasteiger charge is 2.52. The molecule has 3 aromatic carbocycles. The van der Waals surface area contributed by atoms with Gasteiger partial charge in [-0.3, -0.25) is 4.79 Å². The SMILES string of the molecule is COc1ccc(CC(=O)N2CC3CCC2N(C(=O)OCc2ccccc2)N3C(=O)OCc2ccccc2)cc1. The van der Waals surface area contributed by atoms with Gasteiger partial charge in [-0.25, -0.2) is 14.6 Å². The summed E-state index contributed by atoms with van der Waals surface area (Å²) in [7, 11) is 1.59. The maximum absolute atomic E-state index is 13.4. The molecule has 202 valence electrons. The second-order valence-corrected chi connectivity index (χ2v) is 9.55. The van der Waals surface area contributed by atoms with Crippen LogP contribution in [0.4, 0.5) is 9.59 Å². The van der Waals surface area contributed by atoms with Crippen LogP contribution in [-0.4, -0.2) is 58.9 Å². The number of piperidine rings is 1. The molecule has 39 heavy (non-hydrogen) atoms. The zero-order valence-corrected chi connectivity index (χ0v) is 21.8. The summed E-state index contributed by atoms with van der Waals surface area (Å²) in [4.78, 5) is 41.9. The van der Waals surface area contributed by atoms with E-state index in [0.717, 1.165) is 16.7 Å². The summed E-state index contributed by atoms with van der Waals surface area (Å²) >= 11 is 0. The first kappa shape index (κ1) is 26.1. The highest BCUT2D eigenvalue weighted by atomic mass is 16.6. The summed E-state index contributed by atoms with van der Waals surface area (Å²) in [5.74, 6) is 0.577. The third-order valence-corrected chi connectivity index (χ3v) is 7.00. The van der Waals surface area contributed by atoms with E-state index in [4.69, 9.17) is 14.2 Å². The minimum atomic E-state index is -0.702. The lowest BCUT2D eigenvalue weighted by atomic mass is 9.97. The molecule has 9 nitrogen and oxygen atoms in total. The van der Waals surface area contributed by atoms with Crippen LogP contribution in [0.15, 0.2) is 84.9 Å². The maximum atomic E-state index is 13.4. The van der Waals surface area contributed by atoms with E-state index in [1.54, 1.807) is 12.0 Å².